The van der Waals surface area contributed by atoms with E-state index in [4.69, 9.17) is 11.6 Å². The van der Waals surface area contributed by atoms with Gasteiger partial charge in [-0.15, -0.1) is 0 Å². The lowest BCUT2D eigenvalue weighted by atomic mass is 9.95. The van der Waals surface area contributed by atoms with E-state index in [1.807, 2.05) is 6.07 Å². The monoisotopic (exact) mass is 404 g/mol. The highest BCUT2D eigenvalue weighted by Gasteiger charge is 2.46. The third-order valence-corrected chi connectivity index (χ3v) is 5.13. The van der Waals surface area contributed by atoms with E-state index < -0.39 is 17.7 Å². The number of hydrogen-bond acceptors (Lipinski definition) is 4. The topological polar surface area (TPSA) is 70.5 Å². The van der Waals surface area contributed by atoms with Crippen molar-refractivity contribution in [1.82, 2.24) is 9.88 Å². The highest BCUT2D eigenvalue weighted by molar-refractivity contribution is 6.46. The summed E-state index contributed by atoms with van der Waals surface area (Å²) in [7, 11) is 0. The van der Waals surface area contributed by atoms with Crippen LogP contribution in [0.15, 0.2) is 84.7 Å². The van der Waals surface area contributed by atoms with Crippen LogP contribution in [0.2, 0.25) is 5.02 Å². The minimum atomic E-state index is -0.722. The van der Waals surface area contributed by atoms with E-state index in [0.717, 1.165) is 5.56 Å². The molecule has 0 saturated carbocycles. The van der Waals surface area contributed by atoms with Crippen LogP contribution in [-0.4, -0.2) is 26.7 Å². The average molecular weight is 405 g/mol. The molecular weight excluding hydrogens is 388 g/mol. The molecule has 0 spiro atoms. The zero-order valence-corrected chi connectivity index (χ0v) is 16.1. The second kappa shape index (κ2) is 7.89. The van der Waals surface area contributed by atoms with E-state index >= 15 is 0 Å². The van der Waals surface area contributed by atoms with Gasteiger partial charge in [0.2, 0.25) is 0 Å². The molecular formula is C23H17ClN2O3. The van der Waals surface area contributed by atoms with Crippen molar-refractivity contribution in [2.45, 2.75) is 12.6 Å². The summed E-state index contributed by atoms with van der Waals surface area (Å²) in [6.07, 6.45) is 3.26. The number of rotatable bonds is 4. The number of aromatic nitrogens is 1. The quantitative estimate of drug-likeness (QED) is 0.398. The van der Waals surface area contributed by atoms with Gasteiger partial charge in [0.25, 0.3) is 11.7 Å². The van der Waals surface area contributed by atoms with Gasteiger partial charge in [0.05, 0.1) is 11.6 Å². The first-order valence-electron chi connectivity index (χ1n) is 9.04. The van der Waals surface area contributed by atoms with Crippen LogP contribution in [0.5, 0.6) is 0 Å². The van der Waals surface area contributed by atoms with E-state index in [-0.39, 0.29) is 17.9 Å². The maximum absolute atomic E-state index is 12.9. The maximum Gasteiger partial charge on any atom is 0.295 e. The molecule has 1 atom stereocenters. The van der Waals surface area contributed by atoms with E-state index in [0.29, 0.717) is 16.1 Å². The van der Waals surface area contributed by atoms with Crippen molar-refractivity contribution in [1.29, 1.82) is 0 Å². The number of carbonyl (C=O) groups is 2. The van der Waals surface area contributed by atoms with Crippen molar-refractivity contribution >= 4 is 29.1 Å². The number of likely N-dealkylation sites (tertiary alicyclic amines) is 1. The first kappa shape index (κ1) is 18.9. The molecule has 29 heavy (non-hydrogen) atoms. The summed E-state index contributed by atoms with van der Waals surface area (Å²) in [6, 6.07) is 18.5. The van der Waals surface area contributed by atoms with Gasteiger partial charge in [0, 0.05) is 29.5 Å². The molecule has 1 aromatic heterocycles. The summed E-state index contributed by atoms with van der Waals surface area (Å²) in [4.78, 5) is 31.3. The summed E-state index contributed by atoms with van der Waals surface area (Å²) in [5.74, 6) is -1.55. The fourth-order valence-corrected chi connectivity index (χ4v) is 3.60. The third-order valence-electron chi connectivity index (χ3n) is 4.88. The lowest BCUT2D eigenvalue weighted by Crippen LogP contribution is -2.29. The molecule has 0 aliphatic carbocycles. The Morgan fingerprint density at radius 1 is 0.966 bits per heavy atom. The Morgan fingerprint density at radius 2 is 1.62 bits per heavy atom. The number of aliphatic hydroxyl groups excluding tert-OH is 1. The van der Waals surface area contributed by atoms with Gasteiger partial charge in [-0.2, -0.15) is 0 Å². The molecule has 1 unspecified atom stereocenters. The van der Waals surface area contributed by atoms with Crippen LogP contribution in [-0.2, 0) is 16.1 Å². The van der Waals surface area contributed by atoms with Crippen LogP contribution in [0.3, 0.4) is 0 Å². The van der Waals surface area contributed by atoms with Crippen molar-refractivity contribution < 1.29 is 14.7 Å². The van der Waals surface area contributed by atoms with Crippen molar-refractivity contribution in [3.8, 4) is 0 Å². The van der Waals surface area contributed by atoms with Gasteiger partial charge in [-0.3, -0.25) is 14.6 Å². The number of ketones is 1. The minimum Gasteiger partial charge on any atom is -0.507 e. The van der Waals surface area contributed by atoms with Gasteiger partial charge in [-0.05, 0) is 35.4 Å². The molecule has 5 nitrogen and oxygen atoms in total. The second-order valence-electron chi connectivity index (χ2n) is 6.70. The van der Waals surface area contributed by atoms with Crippen molar-refractivity contribution in [3.63, 3.8) is 0 Å². The van der Waals surface area contributed by atoms with Crippen LogP contribution < -0.4 is 0 Å². The number of pyridine rings is 1. The predicted octanol–water partition coefficient (Wildman–Crippen LogP) is 4.36. The number of Topliss-reactive ketones (excluding diaryl/α,β-unsaturated/α-hetero) is 1. The van der Waals surface area contributed by atoms with Crippen molar-refractivity contribution in [3.05, 3.63) is 106 Å². The van der Waals surface area contributed by atoms with Crippen LogP contribution in [0.1, 0.15) is 22.7 Å². The third kappa shape index (κ3) is 3.65. The number of amides is 1. The minimum absolute atomic E-state index is 0.0672. The molecule has 4 rings (SSSR count). The fourth-order valence-electron chi connectivity index (χ4n) is 3.47. The molecule has 1 aliphatic heterocycles. The molecule has 6 heteroatoms. The molecule has 144 valence electrons. The normalized spacial score (nSPS) is 18.2. The van der Waals surface area contributed by atoms with Crippen molar-refractivity contribution in [2.24, 2.45) is 0 Å². The van der Waals surface area contributed by atoms with Crippen LogP contribution in [0.25, 0.3) is 5.76 Å². The highest BCUT2D eigenvalue weighted by atomic mass is 35.5. The molecule has 3 aromatic rings. The van der Waals surface area contributed by atoms with Crippen LogP contribution in [0.4, 0.5) is 0 Å². The summed E-state index contributed by atoms with van der Waals surface area (Å²) in [5.41, 5.74) is 2.08. The Balaban J connectivity index is 1.86. The van der Waals surface area contributed by atoms with Crippen molar-refractivity contribution in [2.75, 3.05) is 0 Å². The Kier molecular flexibility index (Phi) is 5.14. The average Bonchev–Trinajstić information content (AvgIpc) is 3.00. The summed E-state index contributed by atoms with van der Waals surface area (Å²) in [6.45, 7) is 0.214. The predicted molar refractivity (Wildman–Crippen MR) is 110 cm³/mol. The number of benzene rings is 2. The molecule has 1 fully saturated rings. The molecule has 2 aromatic carbocycles. The molecule has 1 aliphatic rings. The first-order chi connectivity index (χ1) is 14.1. The Morgan fingerprint density at radius 3 is 2.28 bits per heavy atom. The fraction of sp³-hybridized carbons (Fsp3) is 0.0870. The van der Waals surface area contributed by atoms with E-state index in [1.165, 1.54) is 4.90 Å². The lowest BCUT2D eigenvalue weighted by molar-refractivity contribution is -0.140. The number of aliphatic hydroxyl groups is 1. The lowest BCUT2D eigenvalue weighted by Gasteiger charge is -2.25. The standard InChI is InChI=1S/C23H17ClN2O3/c24-18-8-6-16(7-9-18)20-19(21(27)17-4-2-1-3-5-17)22(28)23(29)26(20)14-15-10-12-25-13-11-15/h1-13,20,27H,14H2/b21-19+. The van der Waals surface area contributed by atoms with Gasteiger partial charge in [0.15, 0.2) is 0 Å². The van der Waals surface area contributed by atoms with Gasteiger partial charge in [-0.1, -0.05) is 54.1 Å². The number of nitrogens with zero attached hydrogens (tertiary/aromatic N) is 2. The smallest absolute Gasteiger partial charge is 0.295 e. The first-order valence-corrected chi connectivity index (χ1v) is 9.42. The molecule has 0 radical (unpaired) electrons. The van der Waals surface area contributed by atoms with Crippen LogP contribution in [0, 0.1) is 0 Å². The Bertz CT molecular complexity index is 1080. The Hall–Kier alpha value is -3.44. The van der Waals surface area contributed by atoms with Gasteiger partial charge < -0.3 is 10.0 Å². The number of hydrogen-bond donors (Lipinski definition) is 1. The zero-order chi connectivity index (χ0) is 20.4. The molecule has 2 heterocycles. The van der Waals surface area contributed by atoms with Gasteiger partial charge in [-0.25, -0.2) is 0 Å². The van der Waals surface area contributed by atoms with E-state index in [1.54, 1.807) is 73.1 Å². The van der Waals surface area contributed by atoms with E-state index in [9.17, 15) is 14.7 Å². The SMILES string of the molecule is O=C1C(=O)N(Cc2ccncc2)C(c2ccc(Cl)cc2)/C1=C(\O)c1ccccc1. The summed E-state index contributed by atoms with van der Waals surface area (Å²) < 4.78 is 0. The maximum atomic E-state index is 12.9. The zero-order valence-electron chi connectivity index (χ0n) is 15.3. The molecule has 0 bridgehead atoms. The molecule has 1 amide bonds. The Labute approximate surface area is 172 Å². The van der Waals surface area contributed by atoms with E-state index in [2.05, 4.69) is 4.98 Å². The summed E-state index contributed by atoms with van der Waals surface area (Å²) >= 11 is 6.02. The van der Waals surface area contributed by atoms with Crippen LogP contribution >= 0.6 is 11.6 Å². The number of halogens is 1. The number of carbonyl (C=O) groups excluding carboxylic acids is 2. The van der Waals surface area contributed by atoms with Gasteiger partial charge in [0.1, 0.15) is 5.76 Å². The largest absolute Gasteiger partial charge is 0.507 e. The molecule has 1 saturated heterocycles. The second-order valence-corrected chi connectivity index (χ2v) is 7.14. The summed E-state index contributed by atoms with van der Waals surface area (Å²) in [5, 5.41) is 11.5. The highest BCUT2D eigenvalue weighted by Crippen LogP contribution is 2.40. The molecule has 1 N–H and O–H groups in total. The van der Waals surface area contributed by atoms with Gasteiger partial charge >= 0.3 is 0 Å².